The van der Waals surface area contributed by atoms with Crippen molar-refractivity contribution in [1.82, 2.24) is 0 Å². The summed E-state index contributed by atoms with van der Waals surface area (Å²) < 4.78 is 0. The predicted molar refractivity (Wildman–Crippen MR) is 116 cm³/mol. The van der Waals surface area contributed by atoms with Gasteiger partial charge in [-0.25, -0.2) is 0 Å². The molecule has 4 heteroatoms. The first-order chi connectivity index (χ1) is 12.8. The molecule has 0 heterocycles. The van der Waals surface area contributed by atoms with Crippen molar-refractivity contribution in [1.29, 1.82) is 0 Å². The van der Waals surface area contributed by atoms with Crippen LogP contribution in [0.1, 0.15) is 57.6 Å². The quantitative estimate of drug-likeness (QED) is 0.637. The number of ketones is 1. The summed E-state index contributed by atoms with van der Waals surface area (Å²) in [6, 6.07) is 8.16. The highest BCUT2D eigenvalue weighted by Crippen LogP contribution is 2.27. The highest BCUT2D eigenvalue weighted by molar-refractivity contribution is 7.99. The van der Waals surface area contributed by atoms with Crippen LogP contribution < -0.4 is 5.32 Å². The fourth-order valence-electron chi connectivity index (χ4n) is 3.61. The first kappa shape index (κ1) is 21.2. The molecule has 144 valence electrons. The van der Waals surface area contributed by atoms with Crippen LogP contribution >= 0.6 is 11.8 Å². The second-order valence-electron chi connectivity index (χ2n) is 7.05. The molecule has 0 fully saturated rings. The van der Waals surface area contributed by atoms with E-state index in [0.717, 1.165) is 51.2 Å². The summed E-state index contributed by atoms with van der Waals surface area (Å²) in [5, 5.41) is 3.07. The van der Waals surface area contributed by atoms with Gasteiger partial charge in [0, 0.05) is 17.0 Å². The van der Waals surface area contributed by atoms with Gasteiger partial charge in [0.25, 0.3) is 0 Å². The van der Waals surface area contributed by atoms with Crippen LogP contribution in [0.25, 0.3) is 0 Å². The van der Waals surface area contributed by atoms with Crippen LogP contribution in [-0.2, 0) is 17.0 Å². The molecule has 0 bridgehead atoms. The van der Waals surface area contributed by atoms with Crippen molar-refractivity contribution in [3.05, 3.63) is 63.2 Å². The first-order valence-corrected chi connectivity index (χ1v) is 10.5. The van der Waals surface area contributed by atoms with Crippen molar-refractivity contribution in [3.63, 3.8) is 0 Å². The Kier molecular flexibility index (Phi) is 7.25. The van der Waals surface area contributed by atoms with Gasteiger partial charge in [-0.05, 0) is 74.4 Å². The largest absolute Gasteiger partial charge is 0.325 e. The van der Waals surface area contributed by atoms with E-state index in [0.29, 0.717) is 5.75 Å². The minimum atomic E-state index is 0.0122. The molecule has 0 spiro atoms. The number of benzene rings is 2. The Balaban J connectivity index is 2.06. The Bertz CT molecular complexity index is 871. The molecule has 0 aliphatic heterocycles. The zero-order valence-electron chi connectivity index (χ0n) is 17.2. The lowest BCUT2D eigenvalue weighted by atomic mass is 9.92. The maximum absolute atomic E-state index is 12.4. The zero-order chi connectivity index (χ0) is 20.1. The van der Waals surface area contributed by atoms with E-state index in [1.54, 1.807) is 18.7 Å². The molecule has 1 amide bonds. The topological polar surface area (TPSA) is 46.2 Å². The van der Waals surface area contributed by atoms with Crippen molar-refractivity contribution in [2.45, 2.75) is 53.7 Å². The van der Waals surface area contributed by atoms with Gasteiger partial charge in [-0.3, -0.25) is 9.59 Å². The molecular formula is C23H29NO2S. The van der Waals surface area contributed by atoms with Gasteiger partial charge < -0.3 is 5.32 Å². The molecule has 0 atom stereocenters. The molecule has 2 aromatic rings. The molecule has 0 aliphatic rings. The smallest absolute Gasteiger partial charge is 0.234 e. The number of para-hydroxylation sites is 1. The molecule has 3 nitrogen and oxygen atoms in total. The molecule has 0 aromatic heterocycles. The van der Waals surface area contributed by atoms with Crippen molar-refractivity contribution >= 4 is 29.1 Å². The van der Waals surface area contributed by atoms with Gasteiger partial charge in [-0.1, -0.05) is 31.2 Å². The number of amides is 1. The standard InChI is InChI=1S/C23H29NO2S/c1-7-19-10-8-9-14(2)23(19)24-21(26)13-27-12-20-15(3)11-16(4)22(17(20)5)18(6)25/h8-11H,7,12-13H2,1-6H3,(H,24,26). The number of thioether (sulfide) groups is 1. The average Bonchev–Trinajstić information content (AvgIpc) is 2.58. The summed E-state index contributed by atoms with van der Waals surface area (Å²) in [4.78, 5) is 24.4. The van der Waals surface area contributed by atoms with Gasteiger partial charge in [0.2, 0.25) is 5.91 Å². The number of nitrogens with one attached hydrogen (secondary N) is 1. The molecule has 0 unspecified atom stereocenters. The first-order valence-electron chi connectivity index (χ1n) is 9.32. The van der Waals surface area contributed by atoms with Crippen molar-refractivity contribution in [2.24, 2.45) is 0 Å². The van der Waals surface area contributed by atoms with E-state index >= 15 is 0 Å². The van der Waals surface area contributed by atoms with Crippen LogP contribution in [0.4, 0.5) is 5.69 Å². The number of carbonyl (C=O) groups is 2. The minimum Gasteiger partial charge on any atom is -0.325 e. The minimum absolute atomic E-state index is 0.0122. The number of aryl methyl sites for hydroxylation is 4. The Labute approximate surface area is 166 Å². The lowest BCUT2D eigenvalue weighted by Crippen LogP contribution is -2.16. The second-order valence-corrected chi connectivity index (χ2v) is 8.03. The molecule has 0 aliphatic carbocycles. The summed E-state index contributed by atoms with van der Waals surface area (Å²) in [5.74, 6) is 1.22. The predicted octanol–water partition coefficient (Wildman–Crippen LogP) is 5.56. The van der Waals surface area contributed by atoms with E-state index < -0.39 is 0 Å². The van der Waals surface area contributed by atoms with Gasteiger partial charge in [-0.2, -0.15) is 0 Å². The Morgan fingerprint density at radius 1 is 1.04 bits per heavy atom. The van der Waals surface area contributed by atoms with Crippen LogP contribution in [0.3, 0.4) is 0 Å². The fourth-order valence-corrected chi connectivity index (χ4v) is 4.62. The Morgan fingerprint density at radius 2 is 1.74 bits per heavy atom. The number of carbonyl (C=O) groups excluding carboxylic acids is 2. The SMILES string of the molecule is CCc1cccc(C)c1NC(=O)CSCc1c(C)cc(C)c(C(C)=O)c1C. The average molecular weight is 384 g/mol. The summed E-state index contributed by atoms with van der Waals surface area (Å²) >= 11 is 1.58. The monoisotopic (exact) mass is 383 g/mol. The van der Waals surface area contributed by atoms with Crippen molar-refractivity contribution < 1.29 is 9.59 Å². The van der Waals surface area contributed by atoms with Gasteiger partial charge in [0.1, 0.15) is 0 Å². The van der Waals surface area contributed by atoms with E-state index in [1.165, 1.54) is 5.56 Å². The number of hydrogen-bond donors (Lipinski definition) is 1. The molecule has 0 saturated heterocycles. The van der Waals surface area contributed by atoms with Crippen LogP contribution in [0.5, 0.6) is 0 Å². The van der Waals surface area contributed by atoms with Gasteiger partial charge in [0.15, 0.2) is 5.78 Å². The lowest BCUT2D eigenvalue weighted by molar-refractivity contribution is -0.113. The number of anilines is 1. The van der Waals surface area contributed by atoms with Gasteiger partial charge in [0.05, 0.1) is 5.75 Å². The van der Waals surface area contributed by atoms with Gasteiger partial charge in [-0.15, -0.1) is 11.8 Å². The summed E-state index contributed by atoms with van der Waals surface area (Å²) in [6.45, 7) is 11.8. The Morgan fingerprint density at radius 3 is 2.37 bits per heavy atom. The molecule has 1 N–H and O–H groups in total. The van der Waals surface area contributed by atoms with Crippen LogP contribution in [0, 0.1) is 27.7 Å². The Hall–Kier alpha value is -2.07. The van der Waals surface area contributed by atoms with Crippen molar-refractivity contribution in [3.8, 4) is 0 Å². The third-order valence-corrected chi connectivity index (χ3v) is 5.93. The zero-order valence-corrected chi connectivity index (χ0v) is 18.0. The maximum Gasteiger partial charge on any atom is 0.234 e. The summed E-state index contributed by atoms with van der Waals surface area (Å²) in [5.41, 5.74) is 8.40. The number of rotatable bonds is 7. The third-order valence-electron chi connectivity index (χ3n) is 4.97. The number of Topliss-reactive ketones (excluding diaryl/α,β-unsaturated/α-hetero) is 1. The maximum atomic E-state index is 12.4. The summed E-state index contributed by atoms with van der Waals surface area (Å²) in [6.07, 6.45) is 0.889. The van der Waals surface area contributed by atoms with E-state index in [1.807, 2.05) is 32.9 Å². The third kappa shape index (κ3) is 5.01. The number of hydrogen-bond acceptors (Lipinski definition) is 3. The van der Waals surface area contributed by atoms with E-state index in [9.17, 15) is 9.59 Å². The molecule has 2 aromatic carbocycles. The highest BCUT2D eigenvalue weighted by atomic mass is 32.2. The van der Waals surface area contributed by atoms with Crippen LogP contribution in [0.2, 0.25) is 0 Å². The highest BCUT2D eigenvalue weighted by Gasteiger charge is 2.15. The second kappa shape index (κ2) is 9.23. The van der Waals surface area contributed by atoms with E-state index in [2.05, 4.69) is 31.3 Å². The van der Waals surface area contributed by atoms with Gasteiger partial charge >= 0.3 is 0 Å². The molecular weight excluding hydrogens is 354 g/mol. The van der Waals surface area contributed by atoms with E-state index in [-0.39, 0.29) is 11.7 Å². The van der Waals surface area contributed by atoms with E-state index in [4.69, 9.17) is 0 Å². The van der Waals surface area contributed by atoms with Crippen molar-refractivity contribution in [2.75, 3.05) is 11.1 Å². The summed E-state index contributed by atoms with van der Waals surface area (Å²) in [7, 11) is 0. The lowest BCUT2D eigenvalue weighted by Gasteiger charge is -2.16. The van der Waals surface area contributed by atoms with Crippen LogP contribution in [0.15, 0.2) is 24.3 Å². The molecule has 0 saturated carbocycles. The normalized spacial score (nSPS) is 10.7. The fraction of sp³-hybridized carbons (Fsp3) is 0.391. The molecule has 27 heavy (non-hydrogen) atoms. The van der Waals surface area contributed by atoms with Crippen LogP contribution in [-0.4, -0.2) is 17.4 Å². The molecule has 2 rings (SSSR count). The molecule has 0 radical (unpaired) electrons.